The number of carbonyl (C=O) groups is 2. The van der Waals surface area contributed by atoms with Gasteiger partial charge in [0.2, 0.25) is 0 Å². The number of rotatable bonds is 5. The number of amides is 1. The minimum Gasteiger partial charge on any atom is -0.481 e. The topological polar surface area (TPSA) is 46.6 Å². The van der Waals surface area contributed by atoms with Gasteiger partial charge in [-0.05, 0) is 73.7 Å². The predicted octanol–water partition coefficient (Wildman–Crippen LogP) is 4.33. The van der Waals surface area contributed by atoms with Crippen molar-refractivity contribution >= 4 is 11.7 Å². The number of ketones is 1. The molecule has 3 atom stereocenters. The number of benzene rings is 2. The van der Waals surface area contributed by atoms with Gasteiger partial charge in [-0.25, -0.2) is 4.39 Å². The van der Waals surface area contributed by atoms with Crippen LogP contribution in [0.25, 0.3) is 0 Å². The molecule has 148 valence electrons. The van der Waals surface area contributed by atoms with Gasteiger partial charge >= 0.3 is 0 Å². The molecule has 1 aliphatic heterocycles. The van der Waals surface area contributed by atoms with E-state index >= 15 is 0 Å². The van der Waals surface area contributed by atoms with Crippen LogP contribution in [0.15, 0.2) is 48.5 Å². The molecule has 0 N–H and O–H groups in total. The molecule has 1 aliphatic rings. The third-order valence-electron chi connectivity index (χ3n) is 5.06. The Kier molecular flexibility index (Phi) is 6.12. The Bertz CT molecular complexity index is 822. The number of nitrogens with zero attached hydrogens (tertiary/aromatic N) is 1. The predicted molar refractivity (Wildman–Crippen MR) is 106 cm³/mol. The number of carbonyl (C=O) groups excluding carboxylic acids is 2. The summed E-state index contributed by atoms with van der Waals surface area (Å²) in [6.07, 6.45) is 0.555. The SMILES string of the molecule is C[C@@H]1C[C@@H](C)CN(C(=O)[C@H](C)Oc2ccc(C(=O)c3ccc(F)cc3)cc2)C1. The zero-order valence-corrected chi connectivity index (χ0v) is 16.5. The fraction of sp³-hybridized carbons (Fsp3) is 0.391. The normalized spacial score (nSPS) is 20.5. The van der Waals surface area contributed by atoms with Gasteiger partial charge in [0.25, 0.3) is 5.91 Å². The van der Waals surface area contributed by atoms with E-state index in [0.29, 0.717) is 28.7 Å². The Hall–Kier alpha value is -2.69. The van der Waals surface area contributed by atoms with Gasteiger partial charge in [0.05, 0.1) is 0 Å². The average molecular weight is 383 g/mol. The molecule has 0 spiro atoms. The highest BCUT2D eigenvalue weighted by atomic mass is 19.1. The summed E-state index contributed by atoms with van der Waals surface area (Å²) in [6, 6.07) is 12.1. The molecule has 28 heavy (non-hydrogen) atoms. The largest absolute Gasteiger partial charge is 0.481 e. The molecule has 4 nitrogen and oxygen atoms in total. The Balaban J connectivity index is 1.62. The number of ether oxygens (including phenoxy) is 1. The maximum Gasteiger partial charge on any atom is 0.263 e. The first-order chi connectivity index (χ1) is 13.3. The Morgan fingerprint density at radius 2 is 1.46 bits per heavy atom. The Morgan fingerprint density at radius 1 is 0.964 bits per heavy atom. The molecule has 1 amide bonds. The van der Waals surface area contributed by atoms with Crippen molar-refractivity contribution in [2.45, 2.75) is 33.3 Å². The van der Waals surface area contributed by atoms with Crippen molar-refractivity contribution in [3.05, 3.63) is 65.5 Å². The molecule has 1 saturated heterocycles. The summed E-state index contributed by atoms with van der Waals surface area (Å²) in [7, 11) is 0. The smallest absolute Gasteiger partial charge is 0.263 e. The van der Waals surface area contributed by atoms with Crippen LogP contribution in [0.5, 0.6) is 5.75 Å². The lowest BCUT2D eigenvalue weighted by molar-refractivity contribution is -0.140. The van der Waals surface area contributed by atoms with Gasteiger partial charge in [0.1, 0.15) is 11.6 Å². The van der Waals surface area contributed by atoms with E-state index in [1.54, 1.807) is 31.2 Å². The Morgan fingerprint density at radius 3 is 2.00 bits per heavy atom. The molecule has 0 aromatic heterocycles. The van der Waals surface area contributed by atoms with E-state index in [4.69, 9.17) is 4.74 Å². The second kappa shape index (κ2) is 8.55. The number of hydrogen-bond acceptors (Lipinski definition) is 3. The van der Waals surface area contributed by atoms with Gasteiger partial charge < -0.3 is 9.64 Å². The van der Waals surface area contributed by atoms with Crippen LogP contribution < -0.4 is 4.74 Å². The number of halogens is 1. The number of likely N-dealkylation sites (tertiary alicyclic amines) is 1. The molecular weight excluding hydrogens is 357 g/mol. The molecule has 0 saturated carbocycles. The summed E-state index contributed by atoms with van der Waals surface area (Å²) in [5.74, 6) is 0.955. The van der Waals surface area contributed by atoms with E-state index in [2.05, 4.69) is 13.8 Å². The first-order valence-electron chi connectivity index (χ1n) is 9.69. The molecule has 1 fully saturated rings. The van der Waals surface area contributed by atoms with Gasteiger partial charge in [-0.3, -0.25) is 9.59 Å². The molecule has 2 aromatic carbocycles. The molecule has 3 rings (SSSR count). The lowest BCUT2D eigenvalue weighted by Gasteiger charge is -2.36. The second-order valence-electron chi connectivity index (χ2n) is 7.81. The summed E-state index contributed by atoms with van der Waals surface area (Å²) in [6.45, 7) is 7.62. The minimum absolute atomic E-state index is 0.00938. The highest BCUT2D eigenvalue weighted by Crippen LogP contribution is 2.23. The van der Waals surface area contributed by atoms with Gasteiger partial charge in [-0.1, -0.05) is 13.8 Å². The first-order valence-corrected chi connectivity index (χ1v) is 9.69. The highest BCUT2D eigenvalue weighted by Gasteiger charge is 2.29. The third-order valence-corrected chi connectivity index (χ3v) is 5.06. The van der Waals surface area contributed by atoms with Crippen molar-refractivity contribution in [2.75, 3.05) is 13.1 Å². The molecule has 0 aliphatic carbocycles. The molecule has 0 radical (unpaired) electrons. The zero-order valence-electron chi connectivity index (χ0n) is 16.5. The van der Waals surface area contributed by atoms with Gasteiger partial charge in [0, 0.05) is 24.2 Å². The summed E-state index contributed by atoms with van der Waals surface area (Å²) < 4.78 is 18.8. The van der Waals surface area contributed by atoms with Crippen molar-refractivity contribution in [3.63, 3.8) is 0 Å². The monoisotopic (exact) mass is 383 g/mol. The van der Waals surface area contributed by atoms with Crippen LogP contribution >= 0.6 is 0 Å². The third kappa shape index (κ3) is 4.77. The van der Waals surface area contributed by atoms with E-state index in [9.17, 15) is 14.0 Å². The lowest BCUT2D eigenvalue weighted by Crippen LogP contribution is -2.47. The van der Waals surface area contributed by atoms with Crippen LogP contribution in [-0.2, 0) is 4.79 Å². The molecular formula is C23H26FNO3. The fourth-order valence-electron chi connectivity index (χ4n) is 3.81. The lowest BCUT2D eigenvalue weighted by atomic mass is 9.91. The minimum atomic E-state index is -0.587. The highest BCUT2D eigenvalue weighted by molar-refractivity contribution is 6.09. The second-order valence-corrected chi connectivity index (χ2v) is 7.81. The maximum atomic E-state index is 13.0. The average Bonchev–Trinajstić information content (AvgIpc) is 2.67. The number of piperidine rings is 1. The maximum absolute atomic E-state index is 13.0. The van der Waals surface area contributed by atoms with Crippen molar-refractivity contribution < 1.29 is 18.7 Å². The van der Waals surface area contributed by atoms with Crippen LogP contribution in [-0.4, -0.2) is 35.8 Å². The van der Waals surface area contributed by atoms with Crippen molar-refractivity contribution in [1.82, 2.24) is 4.90 Å². The van der Waals surface area contributed by atoms with E-state index in [1.165, 1.54) is 24.3 Å². The molecule has 2 aromatic rings. The zero-order chi connectivity index (χ0) is 20.3. The van der Waals surface area contributed by atoms with Crippen LogP contribution in [0.3, 0.4) is 0 Å². The Labute approximate surface area is 165 Å². The van der Waals surface area contributed by atoms with Crippen LogP contribution in [0, 0.1) is 17.7 Å². The molecule has 0 bridgehead atoms. The standard InChI is InChI=1S/C23H26FNO3/c1-15-12-16(2)14-25(13-15)23(27)17(3)28-21-10-6-19(7-11-21)22(26)18-4-8-20(24)9-5-18/h4-11,15-17H,12-14H2,1-3H3/t15-,16-,17+/m1/s1. The molecule has 0 unspecified atom stereocenters. The van der Waals surface area contributed by atoms with E-state index < -0.39 is 6.10 Å². The van der Waals surface area contributed by atoms with Crippen LogP contribution in [0.2, 0.25) is 0 Å². The first kappa shape index (κ1) is 20.1. The summed E-state index contributed by atoms with van der Waals surface area (Å²) in [5, 5.41) is 0. The summed E-state index contributed by atoms with van der Waals surface area (Å²) in [5.41, 5.74) is 0.906. The molecule has 1 heterocycles. The number of hydrogen-bond donors (Lipinski definition) is 0. The van der Waals surface area contributed by atoms with Crippen molar-refractivity contribution in [2.24, 2.45) is 11.8 Å². The fourth-order valence-corrected chi connectivity index (χ4v) is 3.81. The van der Waals surface area contributed by atoms with E-state index in [-0.39, 0.29) is 17.5 Å². The summed E-state index contributed by atoms with van der Waals surface area (Å²) in [4.78, 5) is 27.0. The van der Waals surface area contributed by atoms with Gasteiger partial charge in [-0.2, -0.15) is 0 Å². The van der Waals surface area contributed by atoms with Crippen molar-refractivity contribution in [3.8, 4) is 5.75 Å². The summed E-state index contributed by atoms with van der Waals surface area (Å²) >= 11 is 0. The van der Waals surface area contributed by atoms with E-state index in [0.717, 1.165) is 19.5 Å². The van der Waals surface area contributed by atoms with Crippen molar-refractivity contribution in [1.29, 1.82) is 0 Å². The quantitative estimate of drug-likeness (QED) is 0.722. The van der Waals surface area contributed by atoms with Crippen LogP contribution in [0.4, 0.5) is 4.39 Å². The van der Waals surface area contributed by atoms with Gasteiger partial charge in [0.15, 0.2) is 11.9 Å². The van der Waals surface area contributed by atoms with Crippen LogP contribution in [0.1, 0.15) is 43.1 Å². The molecule has 5 heteroatoms. The van der Waals surface area contributed by atoms with Gasteiger partial charge in [-0.15, -0.1) is 0 Å². The van der Waals surface area contributed by atoms with E-state index in [1.807, 2.05) is 4.90 Å².